The second-order valence-electron chi connectivity index (χ2n) is 2.77. The van der Waals surface area contributed by atoms with Crippen molar-refractivity contribution in [3.63, 3.8) is 0 Å². The average Bonchev–Trinajstić information content (AvgIpc) is 2.61. The zero-order valence-corrected chi connectivity index (χ0v) is 8.73. The highest BCUT2D eigenvalue weighted by Gasteiger charge is 2.24. The molecular weight excluding hydrogens is 236 g/mol. The molecule has 1 heterocycles. The summed E-state index contributed by atoms with van der Waals surface area (Å²) in [5.74, 6) is -3.29. The predicted octanol–water partition coefficient (Wildman–Crippen LogP) is -0.627. The topological polar surface area (TPSA) is 121 Å². The maximum absolute atomic E-state index is 10.8. The molecule has 0 aromatic carbocycles. The predicted molar refractivity (Wildman–Crippen MR) is 54.9 cm³/mol. The lowest BCUT2D eigenvalue weighted by atomic mass is 10.3. The van der Waals surface area contributed by atoms with Crippen LogP contribution in [-0.2, 0) is 14.4 Å². The van der Waals surface area contributed by atoms with Gasteiger partial charge in [0.15, 0.2) is 0 Å². The SMILES string of the molecule is NC(=O)C1=CN(C(=CC(=O)O)C(=O)O)CS1. The Kier molecular flexibility index (Phi) is 3.56. The van der Waals surface area contributed by atoms with Crippen molar-refractivity contribution in [2.75, 3.05) is 5.88 Å². The van der Waals surface area contributed by atoms with E-state index in [4.69, 9.17) is 15.9 Å². The monoisotopic (exact) mass is 244 g/mol. The third kappa shape index (κ3) is 2.76. The summed E-state index contributed by atoms with van der Waals surface area (Å²) in [6.45, 7) is 0. The fourth-order valence-electron chi connectivity index (χ4n) is 1.01. The van der Waals surface area contributed by atoms with Gasteiger partial charge in [-0.2, -0.15) is 0 Å². The summed E-state index contributed by atoms with van der Waals surface area (Å²) in [6, 6.07) is 0. The van der Waals surface area contributed by atoms with Crippen LogP contribution in [0.15, 0.2) is 22.9 Å². The van der Waals surface area contributed by atoms with Crippen molar-refractivity contribution in [3.8, 4) is 0 Å². The standard InChI is InChI=1S/C8H8N2O5S/c9-7(13)5-2-10(3-16-5)4(8(14)15)1-6(11)12/h1-2H,3H2,(H2,9,13)(H,11,12)(H,14,15). The zero-order valence-electron chi connectivity index (χ0n) is 7.91. The van der Waals surface area contributed by atoms with Crippen molar-refractivity contribution < 1.29 is 24.6 Å². The minimum Gasteiger partial charge on any atom is -0.478 e. The Morgan fingerprint density at radius 2 is 2.06 bits per heavy atom. The van der Waals surface area contributed by atoms with Gasteiger partial charge in [0.2, 0.25) is 0 Å². The van der Waals surface area contributed by atoms with Gasteiger partial charge in [0.1, 0.15) is 5.70 Å². The van der Waals surface area contributed by atoms with E-state index in [0.29, 0.717) is 6.08 Å². The van der Waals surface area contributed by atoms with Crippen LogP contribution < -0.4 is 5.73 Å². The van der Waals surface area contributed by atoms with Crippen LogP contribution in [0.3, 0.4) is 0 Å². The van der Waals surface area contributed by atoms with Crippen LogP contribution in [0.4, 0.5) is 0 Å². The van der Waals surface area contributed by atoms with Crippen molar-refractivity contribution in [1.29, 1.82) is 0 Å². The third-order valence-electron chi connectivity index (χ3n) is 1.66. The van der Waals surface area contributed by atoms with E-state index < -0.39 is 23.5 Å². The number of amides is 1. The number of carbonyl (C=O) groups excluding carboxylic acids is 1. The Bertz CT molecular complexity index is 415. The molecular formula is C8H8N2O5S. The van der Waals surface area contributed by atoms with Crippen LogP contribution in [-0.4, -0.2) is 38.8 Å². The van der Waals surface area contributed by atoms with Crippen LogP contribution >= 0.6 is 11.8 Å². The zero-order chi connectivity index (χ0) is 12.3. The number of rotatable bonds is 4. The Morgan fingerprint density at radius 1 is 1.44 bits per heavy atom. The Labute approximate surface area is 94.2 Å². The number of hydrogen-bond acceptors (Lipinski definition) is 5. The van der Waals surface area contributed by atoms with Gasteiger partial charge in [-0.25, -0.2) is 9.59 Å². The molecule has 86 valence electrons. The molecule has 0 aromatic rings. The number of carboxylic acids is 2. The molecule has 1 aliphatic heterocycles. The van der Waals surface area contributed by atoms with E-state index in [0.717, 1.165) is 16.7 Å². The van der Waals surface area contributed by atoms with Gasteiger partial charge in [-0.3, -0.25) is 4.79 Å². The first-order chi connectivity index (χ1) is 7.41. The van der Waals surface area contributed by atoms with Crippen LogP contribution in [0.1, 0.15) is 0 Å². The van der Waals surface area contributed by atoms with Gasteiger partial charge in [0.25, 0.3) is 5.91 Å². The molecule has 8 heteroatoms. The highest BCUT2D eigenvalue weighted by molar-refractivity contribution is 8.04. The van der Waals surface area contributed by atoms with Gasteiger partial charge in [-0.15, -0.1) is 0 Å². The van der Waals surface area contributed by atoms with Gasteiger partial charge in [-0.05, 0) is 0 Å². The summed E-state index contributed by atoms with van der Waals surface area (Å²) in [5.41, 5.74) is 4.58. The number of carbonyl (C=O) groups is 3. The van der Waals surface area contributed by atoms with E-state index in [1.165, 1.54) is 6.20 Å². The minimum absolute atomic E-state index is 0.143. The van der Waals surface area contributed by atoms with E-state index in [-0.39, 0.29) is 10.8 Å². The molecule has 0 saturated carbocycles. The van der Waals surface area contributed by atoms with E-state index in [2.05, 4.69) is 0 Å². The number of nitrogens with two attached hydrogens (primary N) is 1. The Morgan fingerprint density at radius 3 is 2.44 bits per heavy atom. The molecule has 7 nitrogen and oxygen atoms in total. The summed E-state index contributed by atoms with van der Waals surface area (Å²) in [6.07, 6.45) is 1.78. The molecule has 0 aromatic heterocycles. The molecule has 16 heavy (non-hydrogen) atoms. The molecule has 0 aliphatic carbocycles. The summed E-state index contributed by atoms with van der Waals surface area (Å²) in [4.78, 5) is 33.3. The molecule has 4 N–H and O–H groups in total. The molecule has 1 aliphatic rings. The first-order valence-corrected chi connectivity index (χ1v) is 4.99. The highest BCUT2D eigenvalue weighted by atomic mass is 32.2. The van der Waals surface area contributed by atoms with Crippen LogP contribution in [0.2, 0.25) is 0 Å². The van der Waals surface area contributed by atoms with Crippen LogP contribution in [0.25, 0.3) is 0 Å². The summed E-state index contributed by atoms with van der Waals surface area (Å²) in [5, 5.41) is 17.3. The molecule has 1 amide bonds. The number of carboxylic acid groups (broad SMARTS) is 2. The third-order valence-corrected chi connectivity index (χ3v) is 2.69. The van der Waals surface area contributed by atoms with E-state index >= 15 is 0 Å². The molecule has 0 unspecified atom stereocenters. The van der Waals surface area contributed by atoms with Crippen molar-refractivity contribution in [1.82, 2.24) is 4.90 Å². The molecule has 0 bridgehead atoms. The van der Waals surface area contributed by atoms with E-state index in [1.54, 1.807) is 0 Å². The second-order valence-corrected chi connectivity index (χ2v) is 3.76. The maximum atomic E-state index is 10.8. The first kappa shape index (κ1) is 12.1. The quantitative estimate of drug-likeness (QED) is 0.563. The Hall–Kier alpha value is -1.96. The lowest BCUT2D eigenvalue weighted by Gasteiger charge is -2.13. The van der Waals surface area contributed by atoms with Crippen molar-refractivity contribution >= 4 is 29.6 Å². The average molecular weight is 244 g/mol. The van der Waals surface area contributed by atoms with Crippen molar-refractivity contribution in [2.45, 2.75) is 0 Å². The number of thioether (sulfide) groups is 1. The molecule has 0 atom stereocenters. The normalized spacial score (nSPS) is 15.9. The highest BCUT2D eigenvalue weighted by Crippen LogP contribution is 2.27. The number of primary amides is 1. The summed E-state index contributed by atoms with van der Waals surface area (Å²) in [7, 11) is 0. The fourth-order valence-corrected chi connectivity index (χ4v) is 1.85. The van der Waals surface area contributed by atoms with Gasteiger partial charge in [0.05, 0.1) is 16.9 Å². The van der Waals surface area contributed by atoms with Crippen LogP contribution in [0.5, 0.6) is 0 Å². The molecule has 1 rings (SSSR count). The van der Waals surface area contributed by atoms with Gasteiger partial charge in [-0.1, -0.05) is 11.8 Å². The number of hydrogen-bond donors (Lipinski definition) is 3. The van der Waals surface area contributed by atoms with E-state index in [9.17, 15) is 14.4 Å². The maximum Gasteiger partial charge on any atom is 0.352 e. The van der Waals surface area contributed by atoms with E-state index in [1.807, 2.05) is 0 Å². The molecule has 0 spiro atoms. The van der Waals surface area contributed by atoms with Crippen molar-refractivity contribution in [3.05, 3.63) is 22.9 Å². The first-order valence-electron chi connectivity index (χ1n) is 4.01. The van der Waals surface area contributed by atoms with Gasteiger partial charge < -0.3 is 20.8 Å². The summed E-state index contributed by atoms with van der Waals surface area (Å²) < 4.78 is 0. The lowest BCUT2D eigenvalue weighted by molar-refractivity contribution is -0.136. The van der Waals surface area contributed by atoms with Crippen LogP contribution in [0, 0.1) is 0 Å². The molecule has 0 radical (unpaired) electrons. The fraction of sp³-hybridized carbons (Fsp3) is 0.125. The largest absolute Gasteiger partial charge is 0.478 e. The van der Waals surface area contributed by atoms with Gasteiger partial charge in [0, 0.05) is 6.20 Å². The Balaban J connectivity index is 2.96. The smallest absolute Gasteiger partial charge is 0.352 e. The molecule has 0 saturated heterocycles. The second kappa shape index (κ2) is 4.71. The summed E-state index contributed by atoms with van der Waals surface area (Å²) >= 11 is 1.05. The lowest BCUT2D eigenvalue weighted by Crippen LogP contribution is -2.21. The molecule has 0 fully saturated rings. The van der Waals surface area contributed by atoms with Crippen molar-refractivity contribution in [2.24, 2.45) is 5.73 Å². The minimum atomic E-state index is -1.38. The number of aliphatic carboxylic acids is 2. The van der Waals surface area contributed by atoms with Gasteiger partial charge >= 0.3 is 11.9 Å². The number of nitrogens with zero attached hydrogens (tertiary/aromatic N) is 1.